The summed E-state index contributed by atoms with van der Waals surface area (Å²) in [6.07, 6.45) is 0.905. The average molecular weight is 234 g/mol. The molecule has 0 saturated carbocycles. The van der Waals surface area contributed by atoms with Crippen molar-refractivity contribution in [2.75, 3.05) is 20.6 Å². The van der Waals surface area contributed by atoms with Crippen molar-refractivity contribution >= 4 is 6.03 Å². The number of hydrogen-bond acceptors (Lipinski definition) is 1. The summed E-state index contributed by atoms with van der Waals surface area (Å²) in [6, 6.07) is 4.36. The molecule has 0 saturated heterocycles. The molecule has 0 aliphatic carbocycles. The fourth-order valence-corrected chi connectivity index (χ4v) is 2.18. The lowest BCUT2D eigenvalue weighted by atomic mass is 9.97. The molecule has 0 aromatic heterocycles. The first-order chi connectivity index (χ1) is 7.95. The van der Waals surface area contributed by atoms with E-state index in [1.54, 1.807) is 11.9 Å². The van der Waals surface area contributed by atoms with E-state index >= 15 is 0 Å². The van der Waals surface area contributed by atoms with E-state index < -0.39 is 0 Å². The lowest BCUT2D eigenvalue weighted by molar-refractivity contribution is 0.211. The van der Waals surface area contributed by atoms with Gasteiger partial charge in [-0.25, -0.2) is 4.79 Å². The quantitative estimate of drug-likeness (QED) is 0.856. The first-order valence-electron chi connectivity index (χ1n) is 5.95. The highest BCUT2D eigenvalue weighted by molar-refractivity contribution is 5.73. The van der Waals surface area contributed by atoms with E-state index in [1.165, 1.54) is 22.3 Å². The third kappa shape index (κ3) is 3.48. The van der Waals surface area contributed by atoms with Crippen molar-refractivity contribution in [2.24, 2.45) is 0 Å². The predicted molar refractivity (Wildman–Crippen MR) is 71.4 cm³/mol. The highest BCUT2D eigenvalue weighted by Crippen LogP contribution is 2.17. The molecule has 0 unspecified atom stereocenters. The van der Waals surface area contributed by atoms with Crippen LogP contribution < -0.4 is 5.32 Å². The summed E-state index contributed by atoms with van der Waals surface area (Å²) in [5, 5.41) is 2.63. The van der Waals surface area contributed by atoms with Crippen LogP contribution in [-0.4, -0.2) is 31.6 Å². The van der Waals surface area contributed by atoms with E-state index in [1.807, 2.05) is 7.05 Å². The van der Waals surface area contributed by atoms with Gasteiger partial charge in [0.2, 0.25) is 0 Å². The normalized spacial score (nSPS) is 10.2. The molecule has 94 valence electrons. The number of carbonyl (C=O) groups excluding carboxylic acids is 1. The average Bonchev–Trinajstić information content (AvgIpc) is 2.26. The van der Waals surface area contributed by atoms with Crippen LogP contribution in [0, 0.1) is 20.8 Å². The van der Waals surface area contributed by atoms with E-state index in [4.69, 9.17) is 0 Å². The molecule has 1 aromatic carbocycles. The standard InChI is InChI=1S/C14H22N2O/c1-10-8-11(2)13(12(3)9-10)6-7-16(5)14(17)15-4/h8-9H,6-7H2,1-5H3,(H,15,17). The molecule has 2 amide bonds. The molecule has 1 rings (SSSR count). The summed E-state index contributed by atoms with van der Waals surface area (Å²) >= 11 is 0. The van der Waals surface area contributed by atoms with Crippen LogP contribution in [0.5, 0.6) is 0 Å². The molecule has 0 radical (unpaired) electrons. The van der Waals surface area contributed by atoms with Gasteiger partial charge in [0.1, 0.15) is 0 Å². The number of hydrogen-bond donors (Lipinski definition) is 1. The Morgan fingerprint density at radius 3 is 2.24 bits per heavy atom. The Bertz CT molecular complexity index is 390. The van der Waals surface area contributed by atoms with Gasteiger partial charge in [0, 0.05) is 20.6 Å². The van der Waals surface area contributed by atoms with Crippen molar-refractivity contribution in [3.8, 4) is 0 Å². The zero-order valence-electron chi connectivity index (χ0n) is 11.4. The molecule has 0 spiro atoms. The van der Waals surface area contributed by atoms with Crippen LogP contribution in [0.4, 0.5) is 4.79 Å². The van der Waals surface area contributed by atoms with Gasteiger partial charge in [-0.1, -0.05) is 17.7 Å². The second-order valence-corrected chi connectivity index (χ2v) is 4.60. The molecular weight excluding hydrogens is 212 g/mol. The maximum absolute atomic E-state index is 11.4. The highest BCUT2D eigenvalue weighted by Gasteiger charge is 2.08. The van der Waals surface area contributed by atoms with Crippen LogP contribution in [0.1, 0.15) is 22.3 Å². The van der Waals surface area contributed by atoms with Crippen LogP contribution in [0.3, 0.4) is 0 Å². The van der Waals surface area contributed by atoms with Crippen molar-refractivity contribution in [1.82, 2.24) is 10.2 Å². The van der Waals surface area contributed by atoms with E-state index in [9.17, 15) is 4.79 Å². The second kappa shape index (κ2) is 5.71. The molecule has 0 aliphatic heterocycles. The van der Waals surface area contributed by atoms with Crippen molar-refractivity contribution in [3.05, 3.63) is 34.4 Å². The number of likely N-dealkylation sites (N-methyl/N-ethyl adjacent to an activating group) is 1. The summed E-state index contributed by atoms with van der Waals surface area (Å²) in [5.41, 5.74) is 5.27. The predicted octanol–water partition coefficient (Wildman–Crippen LogP) is 2.43. The Kier molecular flexibility index (Phi) is 4.55. The van der Waals surface area contributed by atoms with Crippen molar-refractivity contribution < 1.29 is 4.79 Å². The number of benzene rings is 1. The van der Waals surface area contributed by atoms with Gasteiger partial charge in [-0.05, 0) is 43.9 Å². The highest BCUT2D eigenvalue weighted by atomic mass is 16.2. The number of amides is 2. The van der Waals surface area contributed by atoms with Crippen molar-refractivity contribution in [3.63, 3.8) is 0 Å². The Hall–Kier alpha value is -1.51. The van der Waals surface area contributed by atoms with Gasteiger partial charge in [-0.2, -0.15) is 0 Å². The number of carbonyl (C=O) groups is 1. The van der Waals surface area contributed by atoms with Gasteiger partial charge in [0.05, 0.1) is 0 Å². The SMILES string of the molecule is CNC(=O)N(C)CCc1c(C)cc(C)cc1C. The molecule has 0 heterocycles. The molecule has 0 fully saturated rings. The largest absolute Gasteiger partial charge is 0.341 e. The summed E-state index contributed by atoms with van der Waals surface area (Å²) in [7, 11) is 3.47. The van der Waals surface area contributed by atoms with Gasteiger partial charge in [0.15, 0.2) is 0 Å². The monoisotopic (exact) mass is 234 g/mol. The van der Waals surface area contributed by atoms with Crippen LogP contribution in [0.15, 0.2) is 12.1 Å². The van der Waals surface area contributed by atoms with Crippen LogP contribution in [0.2, 0.25) is 0 Å². The van der Waals surface area contributed by atoms with Crippen molar-refractivity contribution in [1.29, 1.82) is 0 Å². The van der Waals surface area contributed by atoms with Gasteiger partial charge >= 0.3 is 6.03 Å². The minimum atomic E-state index is -0.0348. The Morgan fingerprint density at radius 2 is 1.76 bits per heavy atom. The molecule has 1 N–H and O–H groups in total. The second-order valence-electron chi connectivity index (χ2n) is 4.60. The zero-order valence-corrected chi connectivity index (χ0v) is 11.4. The Balaban J connectivity index is 2.73. The van der Waals surface area contributed by atoms with Gasteiger partial charge < -0.3 is 10.2 Å². The molecule has 3 nitrogen and oxygen atoms in total. The molecule has 1 aromatic rings. The maximum atomic E-state index is 11.4. The Labute approximate surface area is 104 Å². The van der Waals surface area contributed by atoms with E-state index in [-0.39, 0.29) is 6.03 Å². The van der Waals surface area contributed by atoms with E-state index in [2.05, 4.69) is 38.2 Å². The molecule has 0 bridgehead atoms. The number of nitrogens with one attached hydrogen (secondary N) is 1. The number of rotatable bonds is 3. The minimum absolute atomic E-state index is 0.0348. The summed E-state index contributed by atoms with van der Waals surface area (Å²) in [4.78, 5) is 13.1. The lowest BCUT2D eigenvalue weighted by Gasteiger charge is -2.18. The van der Waals surface area contributed by atoms with Gasteiger partial charge in [-0.3, -0.25) is 0 Å². The fraction of sp³-hybridized carbons (Fsp3) is 0.500. The number of urea groups is 1. The van der Waals surface area contributed by atoms with E-state index in [0.717, 1.165) is 13.0 Å². The summed E-state index contributed by atoms with van der Waals surface area (Å²) < 4.78 is 0. The van der Waals surface area contributed by atoms with Crippen LogP contribution in [0.25, 0.3) is 0 Å². The Morgan fingerprint density at radius 1 is 1.24 bits per heavy atom. The minimum Gasteiger partial charge on any atom is -0.341 e. The zero-order chi connectivity index (χ0) is 13.0. The molecule has 0 atom stereocenters. The van der Waals surface area contributed by atoms with E-state index in [0.29, 0.717) is 0 Å². The summed E-state index contributed by atoms with van der Waals surface area (Å²) in [6.45, 7) is 7.12. The van der Waals surface area contributed by atoms with Gasteiger partial charge in [0.25, 0.3) is 0 Å². The molecular formula is C14H22N2O. The third-order valence-electron chi connectivity index (χ3n) is 3.10. The van der Waals surface area contributed by atoms with Crippen molar-refractivity contribution in [2.45, 2.75) is 27.2 Å². The molecule has 3 heteroatoms. The topological polar surface area (TPSA) is 32.3 Å². The number of nitrogens with zero attached hydrogens (tertiary/aromatic N) is 1. The van der Waals surface area contributed by atoms with Crippen LogP contribution in [-0.2, 0) is 6.42 Å². The first kappa shape index (κ1) is 13.6. The summed E-state index contributed by atoms with van der Waals surface area (Å²) in [5.74, 6) is 0. The van der Waals surface area contributed by atoms with Gasteiger partial charge in [-0.15, -0.1) is 0 Å². The lowest BCUT2D eigenvalue weighted by Crippen LogP contribution is -2.36. The smallest absolute Gasteiger partial charge is 0.316 e. The van der Waals surface area contributed by atoms with Crippen LogP contribution >= 0.6 is 0 Å². The molecule has 17 heavy (non-hydrogen) atoms. The third-order valence-corrected chi connectivity index (χ3v) is 3.10. The molecule has 0 aliphatic rings. The first-order valence-corrected chi connectivity index (χ1v) is 5.95. The fourth-order valence-electron chi connectivity index (χ4n) is 2.18. The number of aryl methyl sites for hydroxylation is 3. The maximum Gasteiger partial charge on any atom is 0.316 e.